The average Bonchev–Trinajstić information content (AvgIpc) is 2.80. The van der Waals surface area contributed by atoms with E-state index in [9.17, 15) is 4.79 Å². The molecule has 0 spiro atoms. The van der Waals surface area contributed by atoms with Crippen LogP contribution in [-0.2, 0) is 4.79 Å². The van der Waals surface area contributed by atoms with E-state index in [0.29, 0.717) is 0 Å². The topological polar surface area (TPSA) is 32.3 Å². The minimum Gasteiger partial charge on any atom is -0.272 e. The van der Waals surface area contributed by atoms with Crippen molar-refractivity contribution in [3.8, 4) is 0 Å². The number of benzene rings is 4. The number of hydrogen-bond donors (Lipinski definition) is 1. The Bertz CT molecular complexity index is 956. The highest BCUT2D eigenvalue weighted by molar-refractivity contribution is 5.89. The molecule has 4 aromatic rings. The fourth-order valence-corrected chi connectivity index (χ4v) is 3.39. The number of hydrazine groups is 1. The molecule has 0 aliphatic rings. The second kappa shape index (κ2) is 8.89. The van der Waals surface area contributed by atoms with Gasteiger partial charge in [0.05, 0.1) is 17.3 Å². The highest BCUT2D eigenvalue weighted by Crippen LogP contribution is 2.27. The minimum absolute atomic E-state index is 0.0879. The van der Waals surface area contributed by atoms with Gasteiger partial charge in [-0.3, -0.25) is 15.2 Å². The van der Waals surface area contributed by atoms with E-state index < -0.39 is 5.92 Å². The summed E-state index contributed by atoms with van der Waals surface area (Å²) >= 11 is 0. The van der Waals surface area contributed by atoms with Gasteiger partial charge in [0.25, 0.3) is 5.91 Å². The highest BCUT2D eigenvalue weighted by atomic mass is 16.2. The van der Waals surface area contributed by atoms with E-state index in [-0.39, 0.29) is 5.91 Å². The Hall–Kier alpha value is -3.85. The van der Waals surface area contributed by atoms with Gasteiger partial charge >= 0.3 is 0 Å². The molecule has 0 unspecified atom stereocenters. The lowest BCUT2D eigenvalue weighted by atomic mass is 9.91. The van der Waals surface area contributed by atoms with Gasteiger partial charge in [0.15, 0.2) is 0 Å². The number of nitrogens with zero attached hydrogens (tertiary/aromatic N) is 1. The SMILES string of the molecule is O=C(NN(c1ccccc1)c1ccccc1)C(c1ccccc1)c1ccccc1. The molecule has 0 bridgehead atoms. The lowest BCUT2D eigenvalue weighted by Crippen LogP contribution is -2.42. The number of amides is 1. The quantitative estimate of drug-likeness (QED) is 0.437. The van der Waals surface area contributed by atoms with Crippen LogP contribution in [0.2, 0.25) is 0 Å². The van der Waals surface area contributed by atoms with E-state index in [0.717, 1.165) is 22.5 Å². The van der Waals surface area contributed by atoms with Crippen molar-refractivity contribution in [2.24, 2.45) is 0 Å². The van der Waals surface area contributed by atoms with Crippen molar-refractivity contribution in [1.29, 1.82) is 0 Å². The molecular formula is C26H22N2O. The molecule has 0 aliphatic carbocycles. The van der Waals surface area contributed by atoms with E-state index in [1.54, 1.807) is 0 Å². The number of para-hydroxylation sites is 2. The molecule has 1 N–H and O–H groups in total. The van der Waals surface area contributed by atoms with E-state index in [1.165, 1.54) is 0 Å². The van der Waals surface area contributed by atoms with Crippen LogP contribution in [0.5, 0.6) is 0 Å². The molecule has 0 heterocycles. The maximum atomic E-state index is 13.5. The second-order valence-electron chi connectivity index (χ2n) is 6.74. The summed E-state index contributed by atoms with van der Waals surface area (Å²) in [5.41, 5.74) is 6.84. The fraction of sp³-hybridized carbons (Fsp3) is 0.0385. The first-order chi connectivity index (χ1) is 14.3. The van der Waals surface area contributed by atoms with Crippen LogP contribution in [0.1, 0.15) is 17.0 Å². The molecular weight excluding hydrogens is 356 g/mol. The molecule has 1 amide bonds. The average molecular weight is 378 g/mol. The maximum absolute atomic E-state index is 13.5. The highest BCUT2D eigenvalue weighted by Gasteiger charge is 2.25. The molecule has 3 heteroatoms. The lowest BCUT2D eigenvalue weighted by molar-refractivity contribution is -0.121. The standard InChI is InChI=1S/C26H22N2O/c29-26(25(21-13-5-1-6-14-21)22-15-7-2-8-16-22)27-28(23-17-9-3-10-18-23)24-19-11-4-12-20-24/h1-20,25H,(H,27,29). The monoisotopic (exact) mass is 378 g/mol. The molecule has 142 valence electrons. The Morgan fingerprint density at radius 3 is 1.28 bits per heavy atom. The van der Waals surface area contributed by atoms with Crippen LogP contribution in [0.25, 0.3) is 0 Å². The Morgan fingerprint density at radius 1 is 0.552 bits per heavy atom. The molecule has 3 nitrogen and oxygen atoms in total. The number of carbonyl (C=O) groups is 1. The molecule has 4 rings (SSSR count). The normalized spacial score (nSPS) is 10.5. The number of carbonyl (C=O) groups excluding carboxylic acids is 1. The summed E-state index contributed by atoms with van der Waals surface area (Å²) in [7, 11) is 0. The molecule has 0 aromatic heterocycles. The first kappa shape index (κ1) is 18.5. The van der Waals surface area contributed by atoms with Crippen LogP contribution in [0.4, 0.5) is 11.4 Å². The summed E-state index contributed by atoms with van der Waals surface area (Å²) in [4.78, 5) is 13.5. The molecule has 0 saturated heterocycles. The summed E-state index contributed by atoms with van der Waals surface area (Å²) in [6, 6.07) is 39.4. The zero-order chi connectivity index (χ0) is 19.9. The number of hydrogen-bond acceptors (Lipinski definition) is 2. The van der Waals surface area contributed by atoms with Crippen LogP contribution < -0.4 is 10.4 Å². The van der Waals surface area contributed by atoms with Crippen LogP contribution in [0, 0.1) is 0 Å². The smallest absolute Gasteiger partial charge is 0.250 e. The molecule has 0 fully saturated rings. The summed E-state index contributed by atoms with van der Waals surface area (Å²) in [6.07, 6.45) is 0. The first-order valence-electron chi connectivity index (χ1n) is 9.63. The van der Waals surface area contributed by atoms with Crippen molar-refractivity contribution in [3.63, 3.8) is 0 Å². The third-order valence-corrected chi connectivity index (χ3v) is 4.78. The van der Waals surface area contributed by atoms with Crippen molar-refractivity contribution in [1.82, 2.24) is 5.43 Å². The Balaban J connectivity index is 1.71. The summed E-state index contributed by atoms with van der Waals surface area (Å²) < 4.78 is 0. The van der Waals surface area contributed by atoms with E-state index in [1.807, 2.05) is 126 Å². The van der Waals surface area contributed by atoms with Gasteiger partial charge in [0, 0.05) is 0 Å². The van der Waals surface area contributed by atoms with Gasteiger partial charge in [-0.1, -0.05) is 97.1 Å². The van der Waals surface area contributed by atoms with Crippen LogP contribution >= 0.6 is 0 Å². The maximum Gasteiger partial charge on any atom is 0.250 e. The van der Waals surface area contributed by atoms with Crippen molar-refractivity contribution in [2.75, 3.05) is 5.01 Å². The van der Waals surface area contributed by atoms with E-state index in [4.69, 9.17) is 0 Å². The lowest BCUT2D eigenvalue weighted by Gasteiger charge is -2.28. The molecule has 29 heavy (non-hydrogen) atoms. The summed E-state index contributed by atoms with van der Waals surface area (Å²) in [5, 5.41) is 1.83. The Kier molecular flexibility index (Phi) is 5.68. The van der Waals surface area contributed by atoms with Gasteiger partial charge in [-0.2, -0.15) is 0 Å². The van der Waals surface area contributed by atoms with Crippen molar-refractivity contribution in [2.45, 2.75) is 5.92 Å². The predicted molar refractivity (Wildman–Crippen MR) is 118 cm³/mol. The molecule has 0 radical (unpaired) electrons. The molecule has 4 aromatic carbocycles. The van der Waals surface area contributed by atoms with Gasteiger partial charge in [-0.15, -0.1) is 0 Å². The van der Waals surface area contributed by atoms with Gasteiger partial charge < -0.3 is 0 Å². The fourth-order valence-electron chi connectivity index (χ4n) is 3.39. The van der Waals surface area contributed by atoms with Crippen LogP contribution in [-0.4, -0.2) is 5.91 Å². The first-order valence-corrected chi connectivity index (χ1v) is 9.63. The van der Waals surface area contributed by atoms with Crippen LogP contribution in [0.3, 0.4) is 0 Å². The Morgan fingerprint density at radius 2 is 0.897 bits per heavy atom. The molecule has 0 atom stereocenters. The van der Waals surface area contributed by atoms with Crippen molar-refractivity contribution in [3.05, 3.63) is 132 Å². The third-order valence-electron chi connectivity index (χ3n) is 4.78. The zero-order valence-electron chi connectivity index (χ0n) is 16.0. The third kappa shape index (κ3) is 4.36. The van der Waals surface area contributed by atoms with Gasteiger partial charge in [0.2, 0.25) is 0 Å². The molecule has 0 aliphatic heterocycles. The largest absolute Gasteiger partial charge is 0.272 e. The summed E-state index contributed by atoms with van der Waals surface area (Å²) in [5.74, 6) is -0.498. The van der Waals surface area contributed by atoms with Gasteiger partial charge in [0.1, 0.15) is 0 Å². The van der Waals surface area contributed by atoms with Gasteiger partial charge in [-0.05, 0) is 35.4 Å². The Labute approximate surface area is 171 Å². The van der Waals surface area contributed by atoms with E-state index >= 15 is 0 Å². The van der Waals surface area contributed by atoms with E-state index in [2.05, 4.69) is 5.43 Å². The second-order valence-corrected chi connectivity index (χ2v) is 6.74. The number of rotatable bonds is 6. The number of anilines is 2. The summed E-state index contributed by atoms with van der Waals surface area (Å²) in [6.45, 7) is 0. The zero-order valence-corrected chi connectivity index (χ0v) is 16.0. The molecule has 0 saturated carbocycles. The van der Waals surface area contributed by atoms with Crippen molar-refractivity contribution >= 4 is 17.3 Å². The van der Waals surface area contributed by atoms with Crippen molar-refractivity contribution < 1.29 is 4.79 Å². The van der Waals surface area contributed by atoms with Gasteiger partial charge in [-0.25, -0.2) is 0 Å². The number of nitrogens with one attached hydrogen (secondary N) is 1. The van der Waals surface area contributed by atoms with Crippen LogP contribution in [0.15, 0.2) is 121 Å². The minimum atomic E-state index is -0.410. The predicted octanol–water partition coefficient (Wildman–Crippen LogP) is 5.69.